The van der Waals surface area contributed by atoms with Gasteiger partial charge in [0, 0.05) is 5.56 Å². The van der Waals surface area contributed by atoms with Gasteiger partial charge in [0.2, 0.25) is 4.77 Å². The predicted molar refractivity (Wildman–Crippen MR) is 115 cm³/mol. The smallest absolute Gasteiger partial charge is 0.216 e. The van der Waals surface area contributed by atoms with Crippen LogP contribution in [0.5, 0.6) is 5.75 Å². The van der Waals surface area contributed by atoms with Crippen LogP contribution >= 0.6 is 12.2 Å². The molecule has 0 amide bonds. The third kappa shape index (κ3) is 3.59. The van der Waals surface area contributed by atoms with Crippen LogP contribution in [0.2, 0.25) is 0 Å². The minimum Gasteiger partial charge on any atom is -0.488 e. The summed E-state index contributed by atoms with van der Waals surface area (Å²) >= 11 is 5.25. The molecule has 0 fully saturated rings. The van der Waals surface area contributed by atoms with Gasteiger partial charge in [-0.15, -0.1) is 0 Å². The van der Waals surface area contributed by atoms with E-state index in [0.29, 0.717) is 17.2 Å². The molecule has 0 aliphatic rings. The summed E-state index contributed by atoms with van der Waals surface area (Å²) in [7, 11) is 0. The molecule has 0 unspecified atom stereocenters. The molecule has 0 radical (unpaired) electrons. The zero-order chi connectivity index (χ0) is 19.5. The maximum absolute atomic E-state index is 6.19. The van der Waals surface area contributed by atoms with Gasteiger partial charge >= 0.3 is 0 Å². The van der Waals surface area contributed by atoms with Gasteiger partial charge in [-0.25, -0.2) is 0 Å². The van der Waals surface area contributed by atoms with Gasteiger partial charge in [-0.3, -0.25) is 5.10 Å². The molecule has 140 valence electrons. The number of nitrogens with one attached hydrogen (secondary N) is 1. The Labute approximate surface area is 168 Å². The Morgan fingerprint density at radius 2 is 1.86 bits per heavy atom. The lowest BCUT2D eigenvalue weighted by atomic mass is 10.0. The van der Waals surface area contributed by atoms with Crippen molar-refractivity contribution >= 4 is 29.2 Å². The van der Waals surface area contributed by atoms with Gasteiger partial charge in [0.1, 0.15) is 18.2 Å². The maximum Gasteiger partial charge on any atom is 0.216 e. The Morgan fingerprint density at radius 1 is 1.07 bits per heavy atom. The fourth-order valence-corrected chi connectivity index (χ4v) is 3.31. The summed E-state index contributed by atoms with van der Waals surface area (Å²) < 4.78 is 8.25. The lowest BCUT2D eigenvalue weighted by Crippen LogP contribution is -2.02. The third-order valence-corrected chi connectivity index (χ3v) is 4.95. The molecule has 5 nitrogen and oxygen atoms in total. The van der Waals surface area contributed by atoms with E-state index in [9.17, 15) is 0 Å². The number of nitrogens with zero attached hydrogens (tertiary/aromatic N) is 3. The van der Waals surface area contributed by atoms with E-state index < -0.39 is 0 Å². The topological polar surface area (TPSA) is 55.2 Å². The fourth-order valence-electron chi connectivity index (χ4n) is 3.08. The third-order valence-electron chi connectivity index (χ3n) is 4.69. The number of rotatable bonds is 5. The van der Waals surface area contributed by atoms with Crippen LogP contribution in [0.25, 0.3) is 10.8 Å². The summed E-state index contributed by atoms with van der Waals surface area (Å²) in [6.45, 7) is 4.43. The number of aryl methyl sites for hydroxylation is 2. The molecule has 0 bridgehead atoms. The first kappa shape index (κ1) is 18.1. The normalized spacial score (nSPS) is 11.4. The van der Waals surface area contributed by atoms with Gasteiger partial charge in [-0.1, -0.05) is 54.6 Å². The zero-order valence-electron chi connectivity index (χ0n) is 15.7. The molecule has 1 heterocycles. The largest absolute Gasteiger partial charge is 0.488 e. The fraction of sp³-hybridized carbons (Fsp3) is 0.136. The molecule has 1 N–H and O–H groups in total. The average Bonchev–Trinajstić information content (AvgIpc) is 3.03. The minimum absolute atomic E-state index is 0.455. The van der Waals surface area contributed by atoms with E-state index in [4.69, 9.17) is 17.0 Å². The molecule has 3 aromatic carbocycles. The molecule has 0 saturated heterocycles. The van der Waals surface area contributed by atoms with Crippen molar-refractivity contribution in [2.75, 3.05) is 0 Å². The second-order valence-corrected chi connectivity index (χ2v) is 6.93. The van der Waals surface area contributed by atoms with E-state index in [1.807, 2.05) is 37.3 Å². The molecule has 1 aromatic heterocycles. The second-order valence-electron chi connectivity index (χ2n) is 6.55. The van der Waals surface area contributed by atoms with Crippen molar-refractivity contribution in [3.05, 3.63) is 87.9 Å². The van der Waals surface area contributed by atoms with Crippen LogP contribution in [0.4, 0.5) is 0 Å². The highest BCUT2D eigenvalue weighted by Gasteiger charge is 2.09. The van der Waals surface area contributed by atoms with Gasteiger partial charge in [-0.2, -0.15) is 14.9 Å². The Kier molecular flexibility index (Phi) is 5.04. The SMILES string of the molecule is Cc1ccccc1COc1ccc2ccccc2c1/C=N/n1c(C)n[nH]c1=S. The number of aromatic amines is 1. The van der Waals surface area contributed by atoms with Crippen LogP contribution in [-0.4, -0.2) is 21.1 Å². The van der Waals surface area contributed by atoms with E-state index in [-0.39, 0.29) is 0 Å². The van der Waals surface area contributed by atoms with Crippen molar-refractivity contribution in [2.24, 2.45) is 5.10 Å². The molecule has 0 saturated carbocycles. The first-order chi connectivity index (χ1) is 13.6. The van der Waals surface area contributed by atoms with Crippen LogP contribution < -0.4 is 4.74 Å². The minimum atomic E-state index is 0.455. The Morgan fingerprint density at radius 3 is 2.64 bits per heavy atom. The lowest BCUT2D eigenvalue weighted by Gasteiger charge is -2.13. The van der Waals surface area contributed by atoms with Crippen molar-refractivity contribution in [3.8, 4) is 5.75 Å². The van der Waals surface area contributed by atoms with Crippen molar-refractivity contribution in [2.45, 2.75) is 20.5 Å². The van der Waals surface area contributed by atoms with Gasteiger partial charge < -0.3 is 4.74 Å². The Bertz CT molecular complexity index is 1220. The quantitative estimate of drug-likeness (QED) is 0.379. The highest BCUT2D eigenvalue weighted by Crippen LogP contribution is 2.28. The first-order valence-corrected chi connectivity index (χ1v) is 9.42. The molecule has 0 atom stereocenters. The maximum atomic E-state index is 6.19. The van der Waals surface area contributed by atoms with E-state index in [2.05, 4.69) is 52.6 Å². The highest BCUT2D eigenvalue weighted by molar-refractivity contribution is 7.71. The highest BCUT2D eigenvalue weighted by atomic mass is 32.1. The van der Waals surface area contributed by atoms with E-state index in [0.717, 1.165) is 27.6 Å². The first-order valence-electron chi connectivity index (χ1n) is 9.01. The Hall–Kier alpha value is -3.25. The number of ether oxygens (including phenoxy) is 1. The van der Waals surface area contributed by atoms with E-state index in [1.165, 1.54) is 5.56 Å². The lowest BCUT2D eigenvalue weighted by molar-refractivity contribution is 0.305. The molecule has 4 aromatic rings. The van der Waals surface area contributed by atoms with Crippen molar-refractivity contribution < 1.29 is 4.74 Å². The summed E-state index contributed by atoms with van der Waals surface area (Å²) in [5.74, 6) is 1.47. The van der Waals surface area contributed by atoms with Gasteiger partial charge in [-0.05, 0) is 54.0 Å². The summed E-state index contributed by atoms with van der Waals surface area (Å²) in [5.41, 5.74) is 3.28. The summed E-state index contributed by atoms with van der Waals surface area (Å²) in [6.07, 6.45) is 1.79. The second kappa shape index (κ2) is 7.78. The summed E-state index contributed by atoms with van der Waals surface area (Å²) in [5, 5.41) is 13.6. The number of hydrogen-bond acceptors (Lipinski definition) is 4. The molecular weight excluding hydrogens is 368 g/mol. The van der Waals surface area contributed by atoms with Crippen LogP contribution in [0, 0.1) is 18.6 Å². The van der Waals surface area contributed by atoms with Crippen LogP contribution in [0.3, 0.4) is 0 Å². The van der Waals surface area contributed by atoms with Crippen molar-refractivity contribution in [1.82, 2.24) is 14.9 Å². The van der Waals surface area contributed by atoms with Crippen LogP contribution in [0.15, 0.2) is 65.8 Å². The van der Waals surface area contributed by atoms with Gasteiger partial charge in [0.25, 0.3) is 0 Å². The van der Waals surface area contributed by atoms with Gasteiger partial charge in [0.15, 0.2) is 0 Å². The van der Waals surface area contributed by atoms with E-state index >= 15 is 0 Å². The molecule has 0 spiro atoms. The summed E-state index contributed by atoms with van der Waals surface area (Å²) in [4.78, 5) is 0. The van der Waals surface area contributed by atoms with Gasteiger partial charge in [0.05, 0.1) is 6.21 Å². The number of hydrogen-bond donors (Lipinski definition) is 1. The number of benzene rings is 3. The van der Waals surface area contributed by atoms with Crippen LogP contribution in [-0.2, 0) is 6.61 Å². The number of fused-ring (bicyclic) bond motifs is 1. The molecule has 0 aliphatic carbocycles. The monoisotopic (exact) mass is 388 g/mol. The number of H-pyrrole nitrogens is 1. The molecule has 4 rings (SSSR count). The molecule has 28 heavy (non-hydrogen) atoms. The van der Waals surface area contributed by atoms with E-state index in [1.54, 1.807) is 10.9 Å². The zero-order valence-corrected chi connectivity index (χ0v) is 16.5. The van der Waals surface area contributed by atoms with Crippen LogP contribution in [0.1, 0.15) is 22.5 Å². The van der Waals surface area contributed by atoms with Crippen molar-refractivity contribution in [3.63, 3.8) is 0 Å². The average molecular weight is 388 g/mol. The number of aromatic nitrogens is 3. The standard InChI is InChI=1S/C22H20N4OS/c1-15-7-3-4-9-18(15)14-27-21-12-11-17-8-5-6-10-19(17)20(21)13-23-26-16(2)24-25-22(26)28/h3-13H,14H2,1-2H3,(H,25,28)/b23-13+. The molecule has 6 heteroatoms. The predicted octanol–water partition coefficient (Wildman–Crippen LogP) is 5.17. The Balaban J connectivity index is 1.75. The molecule has 0 aliphatic heterocycles. The summed E-state index contributed by atoms with van der Waals surface area (Å²) in [6, 6.07) is 20.5. The molecular formula is C22H20N4OS. The van der Waals surface area contributed by atoms with Crippen molar-refractivity contribution in [1.29, 1.82) is 0 Å².